The minimum Gasteiger partial charge on any atom is -0.356 e. The van der Waals surface area contributed by atoms with Gasteiger partial charge in [-0.25, -0.2) is 14.4 Å². The predicted octanol–water partition coefficient (Wildman–Crippen LogP) is 4.72. The Bertz CT molecular complexity index is 1130. The number of carbonyl (C=O) groups is 1. The fourth-order valence-corrected chi connectivity index (χ4v) is 4.57. The Morgan fingerprint density at radius 2 is 1.69 bits per heavy atom. The first kappa shape index (κ1) is 20.6. The Balaban J connectivity index is 1.52. The van der Waals surface area contributed by atoms with Gasteiger partial charge in [0.25, 0.3) is 5.91 Å². The number of rotatable bonds is 3. The van der Waals surface area contributed by atoms with Gasteiger partial charge >= 0.3 is 0 Å². The number of benzene rings is 2. The van der Waals surface area contributed by atoms with Gasteiger partial charge in [-0.05, 0) is 30.9 Å². The first-order chi connectivity index (χ1) is 15.6. The van der Waals surface area contributed by atoms with Crippen molar-refractivity contribution in [2.24, 2.45) is 5.92 Å². The van der Waals surface area contributed by atoms with Crippen molar-refractivity contribution in [1.29, 1.82) is 0 Å². The minimum absolute atomic E-state index is 0.117. The van der Waals surface area contributed by atoms with Crippen molar-refractivity contribution < 1.29 is 9.18 Å². The molecule has 0 aliphatic carbocycles. The second-order valence-corrected chi connectivity index (χ2v) is 8.79. The number of nitrogens with zero attached hydrogens (tertiary/aromatic N) is 4. The Kier molecular flexibility index (Phi) is 5.60. The zero-order chi connectivity index (χ0) is 22.1. The third-order valence-electron chi connectivity index (χ3n) is 6.55. The van der Waals surface area contributed by atoms with E-state index in [0.717, 1.165) is 54.4 Å². The standard InChI is InChI=1S/C26H27FN4O/c1-18-11-14-30(15-12-18)25-21-17-31(26(32)20-9-5-6-10-22(20)27)16-13-23(21)28-24(29-25)19-7-3-2-4-8-19/h2-10,18H,11-17H2,1H3. The number of piperidine rings is 1. The molecule has 1 aromatic heterocycles. The van der Waals surface area contributed by atoms with Crippen LogP contribution >= 0.6 is 0 Å². The van der Waals surface area contributed by atoms with E-state index in [1.165, 1.54) is 6.07 Å². The SMILES string of the molecule is CC1CCN(c2nc(-c3ccccc3)nc3c2CN(C(=O)c2ccccc2F)CC3)CC1. The van der Waals surface area contributed by atoms with E-state index in [1.54, 1.807) is 23.1 Å². The summed E-state index contributed by atoms with van der Waals surface area (Å²) in [4.78, 5) is 27.0. The van der Waals surface area contributed by atoms with Gasteiger partial charge < -0.3 is 9.80 Å². The summed E-state index contributed by atoms with van der Waals surface area (Å²) < 4.78 is 14.3. The molecule has 1 amide bonds. The predicted molar refractivity (Wildman–Crippen MR) is 123 cm³/mol. The molecule has 0 unspecified atom stereocenters. The summed E-state index contributed by atoms with van der Waals surface area (Å²) in [5, 5.41) is 0. The number of amides is 1. The van der Waals surface area contributed by atoms with Crippen LogP contribution in [0.5, 0.6) is 0 Å². The first-order valence-corrected chi connectivity index (χ1v) is 11.3. The lowest BCUT2D eigenvalue weighted by Gasteiger charge is -2.36. The number of hydrogen-bond acceptors (Lipinski definition) is 4. The highest BCUT2D eigenvalue weighted by molar-refractivity contribution is 5.94. The summed E-state index contributed by atoms with van der Waals surface area (Å²) in [6.45, 7) is 5.10. The molecule has 5 nitrogen and oxygen atoms in total. The molecule has 5 rings (SSSR count). The largest absolute Gasteiger partial charge is 0.356 e. The zero-order valence-electron chi connectivity index (χ0n) is 18.3. The Morgan fingerprint density at radius 1 is 0.969 bits per heavy atom. The Labute approximate surface area is 187 Å². The molecule has 0 atom stereocenters. The molecule has 0 saturated carbocycles. The van der Waals surface area contributed by atoms with Gasteiger partial charge in [0, 0.05) is 37.2 Å². The van der Waals surface area contributed by atoms with Crippen LogP contribution < -0.4 is 4.90 Å². The summed E-state index contributed by atoms with van der Waals surface area (Å²) in [6.07, 6.45) is 2.88. The number of hydrogen-bond donors (Lipinski definition) is 0. The van der Waals surface area contributed by atoms with Crippen molar-refractivity contribution in [1.82, 2.24) is 14.9 Å². The van der Waals surface area contributed by atoms with Crippen LogP contribution in [0.3, 0.4) is 0 Å². The number of halogens is 1. The molecule has 32 heavy (non-hydrogen) atoms. The molecular formula is C26H27FN4O. The molecule has 164 valence electrons. The average Bonchev–Trinajstić information content (AvgIpc) is 2.84. The van der Waals surface area contributed by atoms with Crippen LogP contribution in [0.15, 0.2) is 54.6 Å². The maximum absolute atomic E-state index is 14.3. The lowest BCUT2D eigenvalue weighted by molar-refractivity contribution is 0.0729. The molecule has 3 aromatic rings. The van der Waals surface area contributed by atoms with Crippen molar-refractivity contribution in [3.8, 4) is 11.4 Å². The Hall–Kier alpha value is -3.28. The highest BCUT2D eigenvalue weighted by atomic mass is 19.1. The van der Waals surface area contributed by atoms with Gasteiger partial charge in [0.15, 0.2) is 5.82 Å². The summed E-state index contributed by atoms with van der Waals surface area (Å²) in [5.41, 5.74) is 3.10. The van der Waals surface area contributed by atoms with E-state index in [4.69, 9.17) is 9.97 Å². The van der Waals surface area contributed by atoms with Gasteiger partial charge in [-0.1, -0.05) is 49.4 Å². The smallest absolute Gasteiger partial charge is 0.257 e. The van der Waals surface area contributed by atoms with Crippen LogP contribution in [0, 0.1) is 11.7 Å². The van der Waals surface area contributed by atoms with Gasteiger partial charge in [0.2, 0.25) is 0 Å². The monoisotopic (exact) mass is 430 g/mol. The van der Waals surface area contributed by atoms with Crippen molar-refractivity contribution in [2.75, 3.05) is 24.5 Å². The van der Waals surface area contributed by atoms with Crippen molar-refractivity contribution in [3.05, 3.63) is 77.2 Å². The van der Waals surface area contributed by atoms with E-state index in [9.17, 15) is 9.18 Å². The van der Waals surface area contributed by atoms with Crippen LogP contribution in [0.4, 0.5) is 10.2 Å². The molecule has 1 fully saturated rings. The van der Waals surface area contributed by atoms with Crippen LogP contribution in [-0.4, -0.2) is 40.4 Å². The molecule has 1 saturated heterocycles. The van der Waals surface area contributed by atoms with Gasteiger partial charge in [-0.15, -0.1) is 0 Å². The van der Waals surface area contributed by atoms with Crippen LogP contribution in [0.1, 0.15) is 41.4 Å². The third-order valence-corrected chi connectivity index (χ3v) is 6.55. The van der Waals surface area contributed by atoms with Crippen LogP contribution in [0.25, 0.3) is 11.4 Å². The van der Waals surface area contributed by atoms with E-state index in [1.807, 2.05) is 30.3 Å². The maximum Gasteiger partial charge on any atom is 0.257 e. The molecule has 0 spiro atoms. The van der Waals surface area contributed by atoms with Crippen molar-refractivity contribution in [2.45, 2.75) is 32.7 Å². The number of carbonyl (C=O) groups excluding carboxylic acids is 1. The normalized spacial score (nSPS) is 16.7. The molecule has 2 aliphatic rings. The molecule has 2 aliphatic heterocycles. The molecule has 0 radical (unpaired) electrons. The van der Waals surface area contributed by atoms with Crippen molar-refractivity contribution >= 4 is 11.7 Å². The molecule has 2 aromatic carbocycles. The topological polar surface area (TPSA) is 49.3 Å². The van der Waals surface area contributed by atoms with Gasteiger partial charge in [-0.2, -0.15) is 0 Å². The van der Waals surface area contributed by atoms with Crippen molar-refractivity contribution in [3.63, 3.8) is 0 Å². The molecular weight excluding hydrogens is 403 g/mol. The minimum atomic E-state index is -0.482. The quantitative estimate of drug-likeness (QED) is 0.603. The van der Waals surface area contributed by atoms with Crippen LogP contribution in [-0.2, 0) is 13.0 Å². The van der Waals surface area contributed by atoms with E-state index >= 15 is 0 Å². The number of fused-ring (bicyclic) bond motifs is 1. The lowest BCUT2D eigenvalue weighted by Crippen LogP contribution is -2.40. The second-order valence-electron chi connectivity index (χ2n) is 8.79. The van der Waals surface area contributed by atoms with E-state index in [2.05, 4.69) is 11.8 Å². The maximum atomic E-state index is 14.3. The summed E-state index contributed by atoms with van der Waals surface area (Å²) in [5.74, 6) is 1.60. The molecule has 6 heteroatoms. The average molecular weight is 431 g/mol. The fraction of sp³-hybridized carbons (Fsp3) is 0.346. The molecule has 3 heterocycles. The first-order valence-electron chi connectivity index (χ1n) is 11.3. The van der Waals surface area contributed by atoms with E-state index in [0.29, 0.717) is 25.4 Å². The van der Waals surface area contributed by atoms with E-state index < -0.39 is 5.82 Å². The van der Waals surface area contributed by atoms with Gasteiger partial charge in [0.1, 0.15) is 11.6 Å². The second kappa shape index (κ2) is 8.69. The van der Waals surface area contributed by atoms with E-state index in [-0.39, 0.29) is 11.5 Å². The van der Waals surface area contributed by atoms with Crippen LogP contribution in [0.2, 0.25) is 0 Å². The number of aromatic nitrogens is 2. The summed E-state index contributed by atoms with van der Waals surface area (Å²) in [7, 11) is 0. The third kappa shape index (κ3) is 3.97. The highest BCUT2D eigenvalue weighted by Crippen LogP contribution is 2.32. The summed E-state index contributed by atoms with van der Waals surface area (Å²) in [6, 6.07) is 16.2. The summed E-state index contributed by atoms with van der Waals surface area (Å²) >= 11 is 0. The lowest BCUT2D eigenvalue weighted by atomic mass is 9.97. The van der Waals surface area contributed by atoms with Gasteiger partial charge in [0.05, 0.1) is 17.8 Å². The highest BCUT2D eigenvalue weighted by Gasteiger charge is 2.30. The fourth-order valence-electron chi connectivity index (χ4n) is 4.57. The number of anilines is 1. The molecule has 0 N–H and O–H groups in total. The Morgan fingerprint density at radius 3 is 2.44 bits per heavy atom. The van der Waals surface area contributed by atoms with Gasteiger partial charge in [-0.3, -0.25) is 4.79 Å². The zero-order valence-corrected chi connectivity index (χ0v) is 18.3. The molecule has 0 bridgehead atoms.